The van der Waals surface area contributed by atoms with E-state index in [1.807, 2.05) is 0 Å². The number of nitrogens with zero attached hydrogens (tertiary/aromatic N) is 4. The van der Waals surface area contributed by atoms with Gasteiger partial charge in [0.25, 0.3) is 11.2 Å². The van der Waals surface area contributed by atoms with Gasteiger partial charge in [-0.05, 0) is 24.8 Å². The molecule has 0 saturated heterocycles. The number of nitro groups is 1. The van der Waals surface area contributed by atoms with E-state index in [0.29, 0.717) is 29.2 Å². The number of fused-ring (bicyclic) bond motifs is 1. The van der Waals surface area contributed by atoms with Gasteiger partial charge in [-0.15, -0.1) is 0 Å². The number of nitro benzene ring substituents is 1. The third-order valence-electron chi connectivity index (χ3n) is 5.32. The van der Waals surface area contributed by atoms with Crippen molar-refractivity contribution in [3.8, 4) is 5.69 Å². The van der Waals surface area contributed by atoms with Gasteiger partial charge >= 0.3 is 0 Å². The van der Waals surface area contributed by atoms with Crippen LogP contribution in [0.3, 0.4) is 0 Å². The van der Waals surface area contributed by atoms with Gasteiger partial charge in [0.15, 0.2) is 0 Å². The Morgan fingerprint density at radius 3 is 2.43 bits per heavy atom. The van der Waals surface area contributed by atoms with Crippen LogP contribution in [0.1, 0.15) is 32.1 Å². The second-order valence-corrected chi connectivity index (χ2v) is 7.94. The van der Waals surface area contributed by atoms with Crippen molar-refractivity contribution in [1.82, 2.24) is 14.3 Å². The fourth-order valence-electron chi connectivity index (χ4n) is 3.93. The molecule has 0 amide bonds. The normalized spacial score (nSPS) is 15.2. The van der Waals surface area contributed by atoms with E-state index in [9.17, 15) is 14.9 Å². The Hall–Kier alpha value is -2.38. The number of non-ortho nitro benzene ring substituents is 1. The summed E-state index contributed by atoms with van der Waals surface area (Å²) in [6.07, 6.45) is 7.51. The molecule has 9 heteroatoms. The average molecular weight is 421 g/mol. The maximum atomic E-state index is 12.5. The van der Waals surface area contributed by atoms with Crippen LogP contribution in [0.2, 0.25) is 10.0 Å². The second-order valence-electron chi connectivity index (χ2n) is 7.13. The molecule has 0 bridgehead atoms. The van der Waals surface area contributed by atoms with E-state index in [1.165, 1.54) is 42.1 Å². The van der Waals surface area contributed by atoms with Crippen molar-refractivity contribution in [1.29, 1.82) is 0 Å². The van der Waals surface area contributed by atoms with Gasteiger partial charge in [0.05, 0.1) is 32.2 Å². The van der Waals surface area contributed by atoms with E-state index < -0.39 is 4.92 Å². The molecule has 0 N–H and O–H groups in total. The summed E-state index contributed by atoms with van der Waals surface area (Å²) in [4.78, 5) is 23.0. The molecule has 1 saturated carbocycles. The summed E-state index contributed by atoms with van der Waals surface area (Å²) in [5.41, 5.74) is 1.46. The van der Waals surface area contributed by atoms with Crippen LogP contribution in [0.5, 0.6) is 0 Å². The zero-order valence-electron chi connectivity index (χ0n) is 15.0. The Bertz CT molecular complexity index is 1090. The van der Waals surface area contributed by atoms with Gasteiger partial charge in [-0.3, -0.25) is 14.9 Å². The molecule has 146 valence electrons. The van der Waals surface area contributed by atoms with E-state index in [2.05, 4.69) is 5.10 Å². The molecule has 0 unspecified atom stereocenters. The van der Waals surface area contributed by atoms with E-state index in [4.69, 9.17) is 23.2 Å². The number of rotatable bonds is 4. The number of hydrogen-bond donors (Lipinski definition) is 0. The van der Waals surface area contributed by atoms with E-state index in [1.54, 1.807) is 16.8 Å². The smallest absolute Gasteiger partial charge is 0.272 e. The largest absolute Gasteiger partial charge is 0.305 e. The van der Waals surface area contributed by atoms with E-state index in [0.717, 1.165) is 12.8 Å². The summed E-state index contributed by atoms with van der Waals surface area (Å²) in [5.74, 6) is 0.479. The highest BCUT2D eigenvalue weighted by Gasteiger charge is 2.21. The quantitative estimate of drug-likeness (QED) is 0.439. The molecule has 1 aliphatic carbocycles. The van der Waals surface area contributed by atoms with Gasteiger partial charge < -0.3 is 4.57 Å². The van der Waals surface area contributed by atoms with Crippen LogP contribution in [-0.2, 0) is 6.54 Å². The molecule has 0 radical (unpaired) electrons. The first kappa shape index (κ1) is 19.0. The standard InChI is InChI=1S/C19H18Cl2N4O3/c20-14-8-13(25(27)28)9-15(21)19(14)24-16-6-7-18(26)23(17(16)10-22-24)11-12-4-2-1-3-5-12/h6-10,12H,1-5,11H2. The molecule has 1 aromatic carbocycles. The molecule has 3 aromatic rings. The Morgan fingerprint density at radius 2 is 1.79 bits per heavy atom. The topological polar surface area (TPSA) is 83.0 Å². The van der Waals surface area contributed by atoms with Crippen molar-refractivity contribution in [3.63, 3.8) is 0 Å². The minimum Gasteiger partial charge on any atom is -0.305 e. The number of benzene rings is 1. The lowest BCUT2D eigenvalue weighted by Crippen LogP contribution is -2.24. The van der Waals surface area contributed by atoms with Crippen LogP contribution < -0.4 is 5.56 Å². The van der Waals surface area contributed by atoms with Crippen LogP contribution in [0.4, 0.5) is 5.69 Å². The third-order valence-corrected chi connectivity index (χ3v) is 5.89. The zero-order valence-corrected chi connectivity index (χ0v) is 16.5. The fourth-order valence-corrected chi connectivity index (χ4v) is 4.56. The van der Waals surface area contributed by atoms with Crippen LogP contribution in [0, 0.1) is 16.0 Å². The van der Waals surface area contributed by atoms with Crippen LogP contribution in [0.15, 0.2) is 35.3 Å². The molecule has 2 aromatic heterocycles. The first-order valence-electron chi connectivity index (χ1n) is 9.17. The molecule has 0 atom stereocenters. The maximum absolute atomic E-state index is 12.5. The van der Waals surface area contributed by atoms with Crippen LogP contribution in [0.25, 0.3) is 16.7 Å². The number of halogens is 2. The predicted octanol–water partition coefficient (Wildman–Crippen LogP) is 4.98. The zero-order chi connectivity index (χ0) is 19.8. The van der Waals surface area contributed by atoms with Gasteiger partial charge in [-0.25, -0.2) is 4.68 Å². The Balaban J connectivity index is 1.81. The van der Waals surface area contributed by atoms with Crippen molar-refractivity contribution >= 4 is 39.9 Å². The predicted molar refractivity (Wildman–Crippen MR) is 109 cm³/mol. The van der Waals surface area contributed by atoms with Crippen molar-refractivity contribution in [2.45, 2.75) is 38.6 Å². The minimum absolute atomic E-state index is 0.0708. The number of hydrogen-bond acceptors (Lipinski definition) is 4. The fraction of sp³-hybridized carbons (Fsp3) is 0.368. The van der Waals surface area contributed by atoms with E-state index in [-0.39, 0.29) is 21.3 Å². The summed E-state index contributed by atoms with van der Waals surface area (Å²) in [5, 5.41) is 15.6. The Morgan fingerprint density at radius 1 is 1.11 bits per heavy atom. The summed E-state index contributed by atoms with van der Waals surface area (Å²) in [7, 11) is 0. The molecule has 28 heavy (non-hydrogen) atoms. The lowest BCUT2D eigenvalue weighted by molar-refractivity contribution is -0.384. The molecule has 1 aliphatic rings. The molecule has 2 heterocycles. The Kier molecular flexibility index (Phi) is 5.12. The summed E-state index contributed by atoms with van der Waals surface area (Å²) in [6, 6.07) is 5.68. The van der Waals surface area contributed by atoms with Gasteiger partial charge in [0, 0.05) is 24.7 Å². The van der Waals surface area contributed by atoms with Crippen LogP contribution in [-0.4, -0.2) is 19.3 Å². The van der Waals surface area contributed by atoms with Gasteiger partial charge in [0.1, 0.15) is 5.69 Å². The number of aromatic nitrogens is 3. The van der Waals surface area contributed by atoms with Crippen molar-refractivity contribution in [2.24, 2.45) is 5.92 Å². The summed E-state index contributed by atoms with van der Waals surface area (Å²) >= 11 is 12.6. The number of pyridine rings is 1. The minimum atomic E-state index is -0.551. The molecule has 4 rings (SSSR count). The molecule has 7 nitrogen and oxygen atoms in total. The highest BCUT2D eigenvalue weighted by atomic mass is 35.5. The molecular weight excluding hydrogens is 403 g/mol. The highest BCUT2D eigenvalue weighted by Crippen LogP contribution is 2.34. The molecule has 0 aliphatic heterocycles. The van der Waals surface area contributed by atoms with Gasteiger partial charge in [-0.2, -0.15) is 5.10 Å². The first-order chi connectivity index (χ1) is 13.5. The lowest BCUT2D eigenvalue weighted by atomic mass is 9.89. The van der Waals surface area contributed by atoms with E-state index >= 15 is 0 Å². The van der Waals surface area contributed by atoms with Crippen molar-refractivity contribution in [3.05, 3.63) is 61.0 Å². The highest BCUT2D eigenvalue weighted by molar-refractivity contribution is 6.38. The average Bonchev–Trinajstić information content (AvgIpc) is 3.08. The second kappa shape index (κ2) is 7.56. The van der Waals surface area contributed by atoms with Gasteiger partial charge in [0.2, 0.25) is 0 Å². The third kappa shape index (κ3) is 3.40. The lowest BCUT2D eigenvalue weighted by Gasteiger charge is -2.22. The Labute approximate surface area is 170 Å². The summed E-state index contributed by atoms with van der Waals surface area (Å²) in [6.45, 7) is 0.656. The maximum Gasteiger partial charge on any atom is 0.272 e. The van der Waals surface area contributed by atoms with Crippen molar-refractivity contribution in [2.75, 3.05) is 0 Å². The first-order valence-corrected chi connectivity index (χ1v) is 9.92. The van der Waals surface area contributed by atoms with Crippen LogP contribution >= 0.6 is 23.2 Å². The van der Waals surface area contributed by atoms with Gasteiger partial charge in [-0.1, -0.05) is 42.5 Å². The molecule has 0 spiro atoms. The molecular formula is C19H18Cl2N4O3. The monoisotopic (exact) mass is 420 g/mol. The SMILES string of the molecule is O=c1ccc2c(cnn2-c2c(Cl)cc([N+](=O)[O-])cc2Cl)n1CC1CCCCC1. The molecule has 1 fully saturated rings. The summed E-state index contributed by atoms with van der Waals surface area (Å²) < 4.78 is 3.28. The van der Waals surface area contributed by atoms with Crippen molar-refractivity contribution < 1.29 is 4.92 Å².